The maximum Gasteiger partial charge on any atom is 0.405 e. The molecular weight excluding hydrogens is 450 g/mol. The van der Waals surface area contributed by atoms with E-state index in [-0.39, 0.29) is 16.7 Å². The van der Waals surface area contributed by atoms with Crippen LogP contribution in [-0.2, 0) is 0 Å². The number of para-hydroxylation sites is 1. The highest BCUT2D eigenvalue weighted by Gasteiger charge is 2.28. The van der Waals surface area contributed by atoms with Crippen LogP contribution in [-0.4, -0.2) is 27.3 Å². The normalized spacial score (nSPS) is 11.7. The molecule has 2 aromatic carbocycles. The number of anilines is 1. The number of benzene rings is 2. The molecule has 0 bridgehead atoms. The van der Waals surface area contributed by atoms with Crippen LogP contribution in [0.1, 0.15) is 5.56 Å². The van der Waals surface area contributed by atoms with Crippen LogP contribution in [0.25, 0.3) is 28.0 Å². The number of nitrogens with one attached hydrogen (secondary N) is 1. The molecule has 0 fully saturated rings. The molecule has 33 heavy (non-hydrogen) atoms. The van der Waals surface area contributed by atoms with E-state index < -0.39 is 47.4 Å². The van der Waals surface area contributed by atoms with E-state index in [2.05, 4.69) is 9.97 Å². The Bertz CT molecular complexity index is 1410. The first-order chi connectivity index (χ1) is 15.5. The minimum Gasteiger partial charge on any atom is -0.345 e. The molecule has 4 rings (SSSR count). The third-order valence-corrected chi connectivity index (χ3v) is 4.80. The number of aromatic nitrogens is 3. The molecule has 0 spiro atoms. The maximum atomic E-state index is 14.5. The summed E-state index contributed by atoms with van der Waals surface area (Å²) in [6.45, 7) is 0.0627. The largest absolute Gasteiger partial charge is 0.405 e. The summed E-state index contributed by atoms with van der Waals surface area (Å²) in [5, 5.41) is 2.14. The van der Waals surface area contributed by atoms with E-state index in [1.54, 1.807) is 6.92 Å². The molecule has 0 aliphatic carbocycles. The van der Waals surface area contributed by atoms with Gasteiger partial charge in [-0.15, -0.1) is 0 Å². The van der Waals surface area contributed by atoms with Crippen LogP contribution in [0.3, 0.4) is 0 Å². The van der Waals surface area contributed by atoms with Crippen molar-refractivity contribution >= 4 is 17.0 Å². The van der Waals surface area contributed by atoms with E-state index in [1.165, 1.54) is 18.2 Å². The lowest BCUT2D eigenvalue weighted by Gasteiger charge is -2.16. The van der Waals surface area contributed by atoms with Gasteiger partial charge in [-0.2, -0.15) is 18.2 Å². The van der Waals surface area contributed by atoms with Crippen molar-refractivity contribution in [2.45, 2.75) is 13.1 Å². The van der Waals surface area contributed by atoms with E-state index in [0.29, 0.717) is 15.7 Å². The van der Waals surface area contributed by atoms with Crippen LogP contribution in [0.2, 0.25) is 0 Å². The zero-order chi connectivity index (χ0) is 23.9. The summed E-state index contributed by atoms with van der Waals surface area (Å²) in [6, 6.07) is 8.96. The third-order valence-electron chi connectivity index (χ3n) is 4.80. The quantitative estimate of drug-likeness (QED) is 0.425. The Morgan fingerprint density at radius 2 is 1.67 bits per heavy atom. The van der Waals surface area contributed by atoms with Gasteiger partial charge in [0, 0.05) is 17.0 Å². The molecule has 0 amide bonds. The lowest BCUT2D eigenvalue weighted by Crippen LogP contribution is -2.24. The van der Waals surface area contributed by atoms with Crippen molar-refractivity contribution < 1.29 is 26.3 Å². The summed E-state index contributed by atoms with van der Waals surface area (Å²) >= 11 is 0. The molecule has 0 unspecified atom stereocenters. The summed E-state index contributed by atoms with van der Waals surface area (Å²) in [5.74, 6) is -3.23. The smallest absolute Gasteiger partial charge is 0.345 e. The van der Waals surface area contributed by atoms with Crippen LogP contribution < -0.4 is 10.9 Å². The number of aryl methyl sites for hydroxylation is 1. The monoisotopic (exact) mass is 464 g/mol. The zero-order valence-corrected chi connectivity index (χ0v) is 16.8. The highest BCUT2D eigenvalue weighted by molar-refractivity contribution is 5.93. The predicted octanol–water partition coefficient (Wildman–Crippen LogP) is 5.15. The fourth-order valence-electron chi connectivity index (χ4n) is 3.39. The van der Waals surface area contributed by atoms with Gasteiger partial charge < -0.3 is 5.32 Å². The topological polar surface area (TPSA) is 59.8 Å². The summed E-state index contributed by atoms with van der Waals surface area (Å²) in [5.41, 5.74) is -1.16. The first kappa shape index (κ1) is 22.3. The Morgan fingerprint density at radius 3 is 2.30 bits per heavy atom. The maximum absolute atomic E-state index is 14.5. The molecule has 1 N–H and O–H groups in total. The minimum atomic E-state index is -4.61. The molecule has 0 saturated carbocycles. The van der Waals surface area contributed by atoms with E-state index in [9.17, 15) is 31.1 Å². The van der Waals surface area contributed by atoms with Crippen molar-refractivity contribution in [3.63, 3.8) is 0 Å². The van der Waals surface area contributed by atoms with Crippen LogP contribution in [0.5, 0.6) is 0 Å². The SMILES string of the molecule is Cc1cc(F)ccc1-c1nc(NCC(F)(F)F)nc2c1ccc(=O)n2-c1c(F)cccc1F. The first-order valence-corrected chi connectivity index (χ1v) is 9.50. The van der Waals surface area contributed by atoms with Crippen LogP contribution >= 0.6 is 0 Å². The molecule has 4 aromatic rings. The molecule has 0 radical (unpaired) electrons. The average molecular weight is 464 g/mol. The van der Waals surface area contributed by atoms with E-state index in [4.69, 9.17) is 0 Å². The fraction of sp³-hybridized carbons (Fsp3) is 0.136. The molecule has 0 atom stereocenters. The van der Waals surface area contributed by atoms with Crippen molar-refractivity contribution in [2.75, 3.05) is 11.9 Å². The molecule has 2 heterocycles. The highest BCUT2D eigenvalue weighted by atomic mass is 19.4. The number of hydrogen-bond donors (Lipinski definition) is 1. The van der Waals surface area contributed by atoms with Gasteiger partial charge in [-0.3, -0.25) is 9.36 Å². The second kappa shape index (κ2) is 8.23. The second-order valence-electron chi connectivity index (χ2n) is 7.14. The van der Waals surface area contributed by atoms with Crippen LogP contribution in [0.4, 0.5) is 32.3 Å². The Labute approximate surface area is 182 Å². The summed E-state index contributed by atoms with van der Waals surface area (Å²) in [7, 11) is 0. The molecule has 0 aliphatic heterocycles. The number of nitrogens with zero attached hydrogens (tertiary/aromatic N) is 3. The molecule has 2 aromatic heterocycles. The van der Waals surface area contributed by atoms with E-state index >= 15 is 0 Å². The number of hydrogen-bond acceptors (Lipinski definition) is 4. The van der Waals surface area contributed by atoms with Gasteiger partial charge in [-0.05, 0) is 48.9 Å². The minimum absolute atomic E-state index is 0.0488. The molecule has 170 valence electrons. The van der Waals surface area contributed by atoms with Gasteiger partial charge in [-0.25, -0.2) is 18.2 Å². The van der Waals surface area contributed by atoms with Crippen molar-refractivity contribution in [1.82, 2.24) is 14.5 Å². The van der Waals surface area contributed by atoms with Gasteiger partial charge in [0.15, 0.2) is 5.65 Å². The summed E-state index contributed by atoms with van der Waals surface area (Å²) in [6.07, 6.45) is -4.61. The number of pyridine rings is 1. The lowest BCUT2D eigenvalue weighted by atomic mass is 10.0. The zero-order valence-electron chi connectivity index (χ0n) is 16.8. The Balaban J connectivity index is 2.08. The summed E-state index contributed by atoms with van der Waals surface area (Å²) in [4.78, 5) is 20.7. The standard InChI is InChI=1S/C22H14F6N4O/c1-11-9-12(23)5-6-13(11)18-14-7-8-17(33)32(19-15(24)3-2-4-16(19)25)20(14)31-21(30-18)29-10-22(26,27)28/h2-9H,10H2,1H3,(H,29,30,31). The van der Waals surface area contributed by atoms with Crippen molar-refractivity contribution in [3.8, 4) is 16.9 Å². The first-order valence-electron chi connectivity index (χ1n) is 9.50. The molecule has 0 saturated heterocycles. The average Bonchev–Trinajstić information content (AvgIpc) is 2.72. The van der Waals surface area contributed by atoms with Gasteiger partial charge in [0.05, 0.1) is 5.69 Å². The number of alkyl halides is 3. The number of fused-ring (bicyclic) bond motifs is 1. The van der Waals surface area contributed by atoms with Crippen LogP contribution in [0, 0.1) is 24.4 Å². The Kier molecular flexibility index (Phi) is 5.56. The highest BCUT2D eigenvalue weighted by Crippen LogP contribution is 2.31. The van der Waals surface area contributed by atoms with Crippen LogP contribution in [0.15, 0.2) is 53.3 Å². The number of rotatable bonds is 4. The van der Waals surface area contributed by atoms with Gasteiger partial charge in [0.1, 0.15) is 29.7 Å². The van der Waals surface area contributed by atoms with Gasteiger partial charge in [-0.1, -0.05) is 6.07 Å². The summed E-state index contributed by atoms with van der Waals surface area (Å²) < 4.78 is 81.7. The fourth-order valence-corrected chi connectivity index (χ4v) is 3.39. The lowest BCUT2D eigenvalue weighted by molar-refractivity contribution is -0.115. The second-order valence-corrected chi connectivity index (χ2v) is 7.14. The van der Waals surface area contributed by atoms with Gasteiger partial charge in [0.25, 0.3) is 5.56 Å². The van der Waals surface area contributed by atoms with Crippen molar-refractivity contribution in [3.05, 3.63) is 81.9 Å². The van der Waals surface area contributed by atoms with Gasteiger partial charge >= 0.3 is 6.18 Å². The molecule has 0 aliphatic rings. The molecule has 5 nitrogen and oxygen atoms in total. The van der Waals surface area contributed by atoms with E-state index in [1.807, 2.05) is 5.32 Å². The predicted molar refractivity (Wildman–Crippen MR) is 110 cm³/mol. The Morgan fingerprint density at radius 1 is 0.970 bits per heavy atom. The van der Waals surface area contributed by atoms with Crippen molar-refractivity contribution in [1.29, 1.82) is 0 Å². The number of halogens is 6. The van der Waals surface area contributed by atoms with Crippen molar-refractivity contribution in [2.24, 2.45) is 0 Å². The van der Waals surface area contributed by atoms with E-state index in [0.717, 1.165) is 30.3 Å². The molecule has 11 heteroatoms. The third kappa shape index (κ3) is 4.38. The van der Waals surface area contributed by atoms with Gasteiger partial charge in [0.2, 0.25) is 5.95 Å². The molecular formula is C22H14F6N4O. The Hall–Kier alpha value is -3.89.